The minimum atomic E-state index is -3.98. The lowest BCUT2D eigenvalue weighted by Crippen LogP contribution is -2.48. The molecule has 0 aromatic heterocycles. The molecule has 1 aliphatic heterocycles. The number of ether oxygens (including phenoxy) is 1. The third kappa shape index (κ3) is 4.78. The Balaban J connectivity index is 1.91. The number of morpholine rings is 1. The maximum atomic E-state index is 13.0. The Hall–Kier alpha value is -1.80. The molecule has 0 saturated carbocycles. The molecule has 1 heterocycles. The SMILES string of the molecule is C[C@@H]1CN(C(=O)c2ccccc2NS(=O)(=O)c2cc(Cl)cc(Cl)c2)C[C@H](C)O1. The van der Waals surface area contributed by atoms with Gasteiger partial charge in [0.05, 0.1) is 28.4 Å². The first-order valence-electron chi connectivity index (χ1n) is 8.68. The molecule has 0 spiro atoms. The number of nitrogens with zero attached hydrogens (tertiary/aromatic N) is 1. The van der Waals surface area contributed by atoms with Gasteiger partial charge in [0.1, 0.15) is 0 Å². The Morgan fingerprint density at radius 1 is 1.07 bits per heavy atom. The van der Waals surface area contributed by atoms with Crippen LogP contribution in [-0.4, -0.2) is 44.5 Å². The predicted octanol–water partition coefficient (Wildman–Crippen LogP) is 4.04. The summed E-state index contributed by atoms with van der Waals surface area (Å²) in [5.74, 6) is -0.260. The van der Waals surface area contributed by atoms with E-state index in [0.717, 1.165) is 0 Å². The van der Waals surface area contributed by atoms with Gasteiger partial charge < -0.3 is 9.64 Å². The topological polar surface area (TPSA) is 75.7 Å². The summed E-state index contributed by atoms with van der Waals surface area (Å²) < 4.78 is 33.7. The number of amides is 1. The van der Waals surface area contributed by atoms with Crippen LogP contribution in [0.3, 0.4) is 0 Å². The van der Waals surface area contributed by atoms with Crippen LogP contribution in [0.1, 0.15) is 24.2 Å². The zero-order chi connectivity index (χ0) is 20.5. The van der Waals surface area contributed by atoms with Crippen molar-refractivity contribution < 1.29 is 17.9 Å². The summed E-state index contributed by atoms with van der Waals surface area (Å²) in [6.45, 7) is 4.67. The Morgan fingerprint density at radius 2 is 1.64 bits per heavy atom. The summed E-state index contributed by atoms with van der Waals surface area (Å²) in [5, 5.41) is 0.405. The maximum absolute atomic E-state index is 13.0. The number of anilines is 1. The molecule has 1 fully saturated rings. The number of hydrogen-bond donors (Lipinski definition) is 1. The normalized spacial score (nSPS) is 20.1. The van der Waals surface area contributed by atoms with E-state index in [1.807, 2.05) is 13.8 Å². The Bertz CT molecular complexity index is 967. The second-order valence-electron chi connectivity index (χ2n) is 6.72. The second-order valence-corrected chi connectivity index (χ2v) is 9.28. The smallest absolute Gasteiger partial charge is 0.262 e. The number of nitrogens with one attached hydrogen (secondary N) is 1. The molecule has 0 unspecified atom stereocenters. The number of para-hydroxylation sites is 1. The largest absolute Gasteiger partial charge is 0.372 e. The highest BCUT2D eigenvalue weighted by Gasteiger charge is 2.28. The molecule has 1 amide bonds. The lowest BCUT2D eigenvalue weighted by molar-refractivity contribution is -0.0585. The van der Waals surface area contributed by atoms with E-state index in [2.05, 4.69) is 4.72 Å². The molecule has 0 radical (unpaired) electrons. The van der Waals surface area contributed by atoms with Crippen LogP contribution in [0.15, 0.2) is 47.4 Å². The van der Waals surface area contributed by atoms with Crippen LogP contribution >= 0.6 is 23.2 Å². The zero-order valence-corrected chi connectivity index (χ0v) is 17.7. The van der Waals surface area contributed by atoms with Gasteiger partial charge in [0, 0.05) is 23.1 Å². The highest BCUT2D eigenvalue weighted by molar-refractivity contribution is 7.92. The fourth-order valence-corrected chi connectivity index (χ4v) is 4.97. The van der Waals surface area contributed by atoms with E-state index >= 15 is 0 Å². The molecule has 0 bridgehead atoms. The van der Waals surface area contributed by atoms with Crippen molar-refractivity contribution in [1.82, 2.24) is 4.90 Å². The van der Waals surface area contributed by atoms with Gasteiger partial charge in [0.25, 0.3) is 15.9 Å². The Kier molecular flexibility index (Phi) is 6.19. The molecule has 3 rings (SSSR count). The van der Waals surface area contributed by atoms with Crippen molar-refractivity contribution in [3.63, 3.8) is 0 Å². The number of benzene rings is 2. The van der Waals surface area contributed by atoms with Gasteiger partial charge in [0.15, 0.2) is 0 Å². The molecule has 2 atom stereocenters. The molecular formula is C19H20Cl2N2O4S. The average molecular weight is 443 g/mol. The number of carbonyl (C=O) groups excluding carboxylic acids is 1. The van der Waals surface area contributed by atoms with Crippen molar-refractivity contribution in [3.05, 3.63) is 58.1 Å². The Labute approximate surface area is 174 Å². The van der Waals surface area contributed by atoms with Gasteiger partial charge in [-0.15, -0.1) is 0 Å². The van der Waals surface area contributed by atoms with Gasteiger partial charge in [-0.1, -0.05) is 35.3 Å². The fourth-order valence-electron chi connectivity index (χ4n) is 3.16. The van der Waals surface area contributed by atoms with Crippen LogP contribution in [0.5, 0.6) is 0 Å². The number of sulfonamides is 1. The van der Waals surface area contributed by atoms with Crippen molar-refractivity contribution in [2.45, 2.75) is 31.0 Å². The molecule has 1 aliphatic rings. The molecule has 2 aromatic rings. The van der Waals surface area contributed by atoms with Crippen molar-refractivity contribution in [1.29, 1.82) is 0 Å². The Morgan fingerprint density at radius 3 is 2.25 bits per heavy atom. The van der Waals surface area contributed by atoms with Crippen molar-refractivity contribution in [2.75, 3.05) is 17.8 Å². The lowest BCUT2D eigenvalue weighted by Gasteiger charge is -2.35. The minimum Gasteiger partial charge on any atom is -0.372 e. The van der Waals surface area contributed by atoms with E-state index in [1.165, 1.54) is 18.2 Å². The molecule has 1 saturated heterocycles. The van der Waals surface area contributed by atoms with E-state index in [0.29, 0.717) is 13.1 Å². The van der Waals surface area contributed by atoms with Gasteiger partial charge in [-0.25, -0.2) is 8.42 Å². The quantitative estimate of drug-likeness (QED) is 0.774. The minimum absolute atomic E-state index is 0.0825. The van der Waals surface area contributed by atoms with Gasteiger partial charge in [-0.2, -0.15) is 0 Å². The molecule has 2 aromatic carbocycles. The summed E-state index contributed by atoms with van der Waals surface area (Å²) in [6.07, 6.45) is -0.185. The standard InChI is InChI=1S/C19H20Cl2N2O4S/c1-12-10-23(11-13(2)27-12)19(24)17-5-3-4-6-18(17)22-28(25,26)16-8-14(20)7-15(21)9-16/h3-9,12-13,22H,10-11H2,1-2H3/t12-,13+. The number of halogens is 2. The summed E-state index contributed by atoms with van der Waals surface area (Å²) >= 11 is 11.8. The number of hydrogen-bond acceptors (Lipinski definition) is 4. The van der Waals surface area contributed by atoms with Crippen LogP contribution in [-0.2, 0) is 14.8 Å². The first kappa shape index (κ1) is 20.9. The third-order valence-electron chi connectivity index (χ3n) is 4.25. The van der Waals surface area contributed by atoms with Crippen LogP contribution in [0, 0.1) is 0 Å². The monoisotopic (exact) mass is 442 g/mol. The maximum Gasteiger partial charge on any atom is 0.262 e. The van der Waals surface area contributed by atoms with Gasteiger partial charge in [0.2, 0.25) is 0 Å². The van der Waals surface area contributed by atoms with E-state index in [1.54, 1.807) is 29.2 Å². The van der Waals surface area contributed by atoms with Crippen molar-refractivity contribution in [3.8, 4) is 0 Å². The third-order valence-corrected chi connectivity index (χ3v) is 6.04. The molecular weight excluding hydrogens is 423 g/mol. The first-order chi connectivity index (χ1) is 13.2. The first-order valence-corrected chi connectivity index (χ1v) is 10.9. The highest BCUT2D eigenvalue weighted by Crippen LogP contribution is 2.26. The molecule has 28 heavy (non-hydrogen) atoms. The molecule has 1 N–H and O–H groups in total. The van der Waals surface area contributed by atoms with Crippen LogP contribution in [0.25, 0.3) is 0 Å². The van der Waals surface area contributed by atoms with Crippen LogP contribution < -0.4 is 4.72 Å². The molecule has 6 nitrogen and oxygen atoms in total. The summed E-state index contributed by atoms with van der Waals surface area (Å²) in [7, 11) is -3.98. The van der Waals surface area contributed by atoms with Crippen molar-refractivity contribution in [2.24, 2.45) is 0 Å². The van der Waals surface area contributed by atoms with Crippen LogP contribution in [0.4, 0.5) is 5.69 Å². The lowest BCUT2D eigenvalue weighted by atomic mass is 10.1. The molecule has 150 valence electrons. The van der Waals surface area contributed by atoms with Gasteiger partial charge in [-0.3, -0.25) is 9.52 Å². The summed E-state index contributed by atoms with van der Waals surface area (Å²) in [5.41, 5.74) is 0.455. The van der Waals surface area contributed by atoms with Gasteiger partial charge >= 0.3 is 0 Å². The summed E-state index contributed by atoms with van der Waals surface area (Å²) in [6, 6.07) is 10.5. The van der Waals surface area contributed by atoms with E-state index in [-0.39, 0.29) is 44.3 Å². The molecule has 0 aliphatic carbocycles. The van der Waals surface area contributed by atoms with Gasteiger partial charge in [-0.05, 0) is 44.2 Å². The average Bonchev–Trinajstić information content (AvgIpc) is 2.59. The highest BCUT2D eigenvalue weighted by atomic mass is 35.5. The second kappa shape index (κ2) is 8.29. The summed E-state index contributed by atoms with van der Waals surface area (Å²) in [4.78, 5) is 14.6. The van der Waals surface area contributed by atoms with Crippen molar-refractivity contribution >= 4 is 44.8 Å². The fraction of sp³-hybridized carbons (Fsp3) is 0.316. The predicted molar refractivity (Wildman–Crippen MR) is 110 cm³/mol. The van der Waals surface area contributed by atoms with E-state index in [4.69, 9.17) is 27.9 Å². The van der Waals surface area contributed by atoms with E-state index < -0.39 is 10.0 Å². The molecule has 9 heteroatoms. The number of rotatable bonds is 4. The van der Waals surface area contributed by atoms with Crippen LogP contribution in [0.2, 0.25) is 10.0 Å². The van der Waals surface area contributed by atoms with E-state index in [9.17, 15) is 13.2 Å². The zero-order valence-electron chi connectivity index (χ0n) is 15.4. The number of carbonyl (C=O) groups is 1.